The van der Waals surface area contributed by atoms with Crippen molar-refractivity contribution in [1.82, 2.24) is 14.7 Å². The number of aromatic nitrogens is 2. The molecule has 7 heteroatoms. The normalized spacial score (nSPS) is 17.1. The lowest BCUT2D eigenvalue weighted by molar-refractivity contribution is -0.136. The van der Waals surface area contributed by atoms with Crippen LogP contribution in [0.25, 0.3) is 0 Å². The molecule has 0 saturated heterocycles. The number of rotatable bonds is 2. The molecule has 0 spiro atoms. The molecule has 0 bridgehead atoms. The largest absolute Gasteiger partial charge is 0.341 e. The Morgan fingerprint density at radius 2 is 1.92 bits per heavy atom. The zero-order valence-electron chi connectivity index (χ0n) is 15.3. The summed E-state index contributed by atoms with van der Waals surface area (Å²) < 4.78 is 4.24. The van der Waals surface area contributed by atoms with Gasteiger partial charge in [-0.1, -0.05) is 51.5 Å². The standard InChI is InChI=1S/C19H24N4O2S/c1-19(2,3)17-22-18(26-23-17)21-16(25)15(24)20-14-11-7-5-9-12-8-4-6-10-13(12)14/h4,6,8,10,14H,5,7,9,11H2,1-3H3,(H,20,24)(H,21,22,23,25)/t14-/m0/s1. The van der Waals surface area contributed by atoms with Gasteiger partial charge in [-0.15, -0.1) is 0 Å². The summed E-state index contributed by atoms with van der Waals surface area (Å²) in [5.74, 6) is -0.696. The van der Waals surface area contributed by atoms with Crippen molar-refractivity contribution < 1.29 is 9.59 Å². The molecule has 1 atom stereocenters. The van der Waals surface area contributed by atoms with Gasteiger partial charge in [0.1, 0.15) is 5.82 Å². The van der Waals surface area contributed by atoms with Crippen LogP contribution in [0.4, 0.5) is 5.13 Å². The number of benzene rings is 1. The zero-order valence-corrected chi connectivity index (χ0v) is 16.2. The molecule has 1 heterocycles. The van der Waals surface area contributed by atoms with Gasteiger partial charge in [0.15, 0.2) is 0 Å². The first kappa shape index (κ1) is 18.5. The molecule has 2 amide bonds. The van der Waals surface area contributed by atoms with Crippen molar-refractivity contribution in [1.29, 1.82) is 0 Å². The predicted molar refractivity (Wildman–Crippen MR) is 102 cm³/mol. The lowest BCUT2D eigenvalue weighted by Crippen LogP contribution is -2.38. The molecule has 2 N–H and O–H groups in total. The SMILES string of the molecule is CC(C)(C)c1nsc(NC(=O)C(=O)N[C@H]2CCCCc3ccccc32)n1. The maximum Gasteiger partial charge on any atom is 0.315 e. The Balaban J connectivity index is 1.66. The van der Waals surface area contributed by atoms with Crippen LogP contribution in [0.2, 0.25) is 0 Å². The van der Waals surface area contributed by atoms with E-state index in [0.29, 0.717) is 11.0 Å². The fourth-order valence-corrected chi connectivity index (χ4v) is 3.78. The quantitative estimate of drug-likeness (QED) is 0.625. The molecule has 0 fully saturated rings. The van der Waals surface area contributed by atoms with Gasteiger partial charge in [0.2, 0.25) is 5.13 Å². The second kappa shape index (κ2) is 7.53. The molecule has 1 aromatic carbocycles. The summed E-state index contributed by atoms with van der Waals surface area (Å²) in [5, 5.41) is 5.78. The average Bonchev–Trinajstić information content (AvgIpc) is 2.97. The summed E-state index contributed by atoms with van der Waals surface area (Å²) in [7, 11) is 0. The number of hydrogen-bond donors (Lipinski definition) is 2. The minimum absolute atomic E-state index is 0.133. The van der Waals surface area contributed by atoms with Gasteiger partial charge in [-0.25, -0.2) is 4.98 Å². The van der Waals surface area contributed by atoms with E-state index in [1.165, 1.54) is 5.56 Å². The van der Waals surface area contributed by atoms with E-state index in [0.717, 1.165) is 42.8 Å². The maximum atomic E-state index is 12.4. The number of aryl methyl sites for hydroxylation is 1. The highest BCUT2D eigenvalue weighted by Crippen LogP contribution is 2.28. The first-order valence-electron chi connectivity index (χ1n) is 8.88. The van der Waals surface area contributed by atoms with Crippen molar-refractivity contribution in [2.75, 3.05) is 5.32 Å². The minimum Gasteiger partial charge on any atom is -0.341 e. The van der Waals surface area contributed by atoms with Crippen LogP contribution in [0.15, 0.2) is 24.3 Å². The Morgan fingerprint density at radius 1 is 1.15 bits per heavy atom. The smallest absolute Gasteiger partial charge is 0.315 e. The highest BCUT2D eigenvalue weighted by Gasteiger charge is 2.25. The van der Waals surface area contributed by atoms with Crippen molar-refractivity contribution in [3.05, 3.63) is 41.2 Å². The number of anilines is 1. The lowest BCUT2D eigenvalue weighted by Gasteiger charge is -2.18. The second-order valence-electron chi connectivity index (χ2n) is 7.60. The number of nitrogens with zero attached hydrogens (tertiary/aromatic N) is 2. The van der Waals surface area contributed by atoms with Crippen molar-refractivity contribution in [3.63, 3.8) is 0 Å². The van der Waals surface area contributed by atoms with Crippen LogP contribution < -0.4 is 10.6 Å². The summed E-state index contributed by atoms with van der Waals surface area (Å²) in [6.07, 6.45) is 3.96. The topological polar surface area (TPSA) is 84.0 Å². The number of hydrogen-bond acceptors (Lipinski definition) is 5. The van der Waals surface area contributed by atoms with E-state index in [4.69, 9.17) is 0 Å². The number of fused-ring (bicyclic) bond motifs is 1. The average molecular weight is 372 g/mol. The molecule has 1 aliphatic rings. The molecule has 26 heavy (non-hydrogen) atoms. The van der Waals surface area contributed by atoms with E-state index < -0.39 is 11.8 Å². The molecule has 0 aliphatic heterocycles. The van der Waals surface area contributed by atoms with E-state index in [2.05, 4.69) is 26.1 Å². The molecule has 0 radical (unpaired) electrons. The Hall–Kier alpha value is -2.28. The van der Waals surface area contributed by atoms with Gasteiger partial charge in [-0.05, 0) is 30.4 Å². The highest BCUT2D eigenvalue weighted by atomic mass is 32.1. The summed E-state index contributed by atoms with van der Waals surface area (Å²) in [6, 6.07) is 7.97. The van der Waals surface area contributed by atoms with E-state index in [1.54, 1.807) is 0 Å². The van der Waals surface area contributed by atoms with Crippen LogP contribution >= 0.6 is 11.5 Å². The number of carbonyl (C=O) groups is 2. The van der Waals surface area contributed by atoms with Gasteiger partial charge >= 0.3 is 11.8 Å². The molecule has 0 unspecified atom stereocenters. The summed E-state index contributed by atoms with van der Waals surface area (Å²) in [4.78, 5) is 28.9. The van der Waals surface area contributed by atoms with Gasteiger partial charge in [-0.3, -0.25) is 14.9 Å². The Morgan fingerprint density at radius 3 is 2.65 bits per heavy atom. The molecular formula is C19H24N4O2S. The third-order valence-corrected chi connectivity index (χ3v) is 5.08. The fraction of sp³-hybridized carbons (Fsp3) is 0.474. The third-order valence-electron chi connectivity index (χ3n) is 4.45. The Kier molecular flexibility index (Phi) is 5.36. The Bertz CT molecular complexity index is 810. The maximum absolute atomic E-state index is 12.4. The number of amides is 2. The fourth-order valence-electron chi connectivity index (χ4n) is 3.03. The van der Waals surface area contributed by atoms with Crippen LogP contribution in [0.5, 0.6) is 0 Å². The van der Waals surface area contributed by atoms with Crippen molar-refractivity contribution >= 4 is 28.5 Å². The van der Waals surface area contributed by atoms with Gasteiger partial charge in [0, 0.05) is 16.9 Å². The van der Waals surface area contributed by atoms with Crippen LogP contribution in [-0.4, -0.2) is 21.2 Å². The van der Waals surface area contributed by atoms with Gasteiger partial charge in [0.05, 0.1) is 6.04 Å². The highest BCUT2D eigenvalue weighted by molar-refractivity contribution is 7.10. The van der Waals surface area contributed by atoms with E-state index >= 15 is 0 Å². The molecular weight excluding hydrogens is 348 g/mol. The van der Waals surface area contributed by atoms with Crippen molar-refractivity contribution in [3.8, 4) is 0 Å². The minimum atomic E-state index is -0.705. The molecule has 6 nitrogen and oxygen atoms in total. The van der Waals surface area contributed by atoms with E-state index in [-0.39, 0.29) is 11.5 Å². The first-order chi connectivity index (χ1) is 12.3. The predicted octanol–water partition coefficient (Wildman–Crippen LogP) is 3.36. The van der Waals surface area contributed by atoms with Crippen LogP contribution in [0.3, 0.4) is 0 Å². The van der Waals surface area contributed by atoms with Crippen LogP contribution in [-0.2, 0) is 21.4 Å². The molecule has 0 saturated carbocycles. The number of nitrogens with one attached hydrogen (secondary N) is 2. The summed E-state index contributed by atoms with van der Waals surface area (Å²) >= 11 is 1.09. The zero-order chi connectivity index (χ0) is 18.7. The molecule has 3 rings (SSSR count). The second-order valence-corrected chi connectivity index (χ2v) is 8.35. The van der Waals surface area contributed by atoms with Crippen molar-refractivity contribution in [2.45, 2.75) is 57.9 Å². The van der Waals surface area contributed by atoms with Crippen LogP contribution in [0.1, 0.15) is 63.0 Å². The van der Waals surface area contributed by atoms with Gasteiger partial charge < -0.3 is 5.32 Å². The molecule has 2 aromatic rings. The summed E-state index contributed by atoms with van der Waals surface area (Å²) in [6.45, 7) is 5.99. The molecule has 1 aliphatic carbocycles. The van der Waals surface area contributed by atoms with Crippen molar-refractivity contribution in [2.24, 2.45) is 0 Å². The van der Waals surface area contributed by atoms with Gasteiger partial charge in [0.25, 0.3) is 0 Å². The summed E-state index contributed by atoms with van der Waals surface area (Å²) in [5.41, 5.74) is 2.15. The lowest BCUT2D eigenvalue weighted by atomic mass is 9.96. The molecule has 1 aromatic heterocycles. The monoisotopic (exact) mass is 372 g/mol. The van der Waals surface area contributed by atoms with Gasteiger partial charge in [-0.2, -0.15) is 4.37 Å². The Labute approximate surface area is 157 Å². The molecule has 138 valence electrons. The van der Waals surface area contributed by atoms with E-state index in [1.807, 2.05) is 39.0 Å². The third kappa shape index (κ3) is 4.27. The number of carbonyl (C=O) groups excluding carboxylic acids is 2. The van der Waals surface area contributed by atoms with Crippen LogP contribution in [0, 0.1) is 0 Å². The van der Waals surface area contributed by atoms with E-state index in [9.17, 15) is 9.59 Å². The first-order valence-corrected chi connectivity index (χ1v) is 9.66.